The second-order valence-corrected chi connectivity index (χ2v) is 11.1. The predicted molar refractivity (Wildman–Crippen MR) is 68.1 cm³/mol. The molecule has 0 unspecified atom stereocenters. The molecular formula is C12H21NO2Si. The van der Waals surface area contributed by atoms with Crippen LogP contribution in [-0.4, -0.2) is 38.3 Å². The third-order valence-corrected chi connectivity index (χ3v) is 4.46. The van der Waals surface area contributed by atoms with Crippen molar-refractivity contribution in [2.24, 2.45) is 0 Å². The molecule has 0 saturated carbocycles. The van der Waals surface area contributed by atoms with E-state index >= 15 is 0 Å². The number of hydrogen-bond acceptors (Lipinski definition) is 2. The van der Waals surface area contributed by atoms with Gasteiger partial charge in [-0.2, -0.15) is 0 Å². The largest absolute Gasteiger partial charge is 0.450 e. The van der Waals surface area contributed by atoms with Crippen LogP contribution >= 0.6 is 0 Å². The van der Waals surface area contributed by atoms with Crippen LogP contribution in [0.15, 0.2) is 0 Å². The summed E-state index contributed by atoms with van der Waals surface area (Å²) in [6.45, 7) is 8.06. The maximum Gasteiger partial charge on any atom is 0.410 e. The summed E-state index contributed by atoms with van der Waals surface area (Å²) >= 11 is 0. The average molecular weight is 239 g/mol. The quantitative estimate of drug-likeness (QED) is 0.559. The SMILES string of the molecule is C#C[C@H]1CCCN1C(=O)OCC[Si](C)(C)C. The first-order valence-electron chi connectivity index (χ1n) is 5.83. The Balaban J connectivity index is 2.33. The lowest BCUT2D eigenvalue weighted by Gasteiger charge is -2.21. The third kappa shape index (κ3) is 3.90. The lowest BCUT2D eigenvalue weighted by Crippen LogP contribution is -2.36. The van der Waals surface area contributed by atoms with Gasteiger partial charge in [-0.15, -0.1) is 6.42 Å². The van der Waals surface area contributed by atoms with Gasteiger partial charge in [-0.05, 0) is 18.9 Å². The third-order valence-electron chi connectivity index (χ3n) is 2.76. The van der Waals surface area contributed by atoms with E-state index in [1.807, 2.05) is 0 Å². The second kappa shape index (κ2) is 5.40. The first kappa shape index (κ1) is 13.1. The van der Waals surface area contributed by atoms with Crippen LogP contribution in [0.4, 0.5) is 4.79 Å². The molecule has 16 heavy (non-hydrogen) atoms. The second-order valence-electron chi connectivity index (χ2n) is 5.44. The summed E-state index contributed by atoms with van der Waals surface area (Å²) in [4.78, 5) is 13.4. The van der Waals surface area contributed by atoms with Gasteiger partial charge in [0, 0.05) is 14.6 Å². The summed E-state index contributed by atoms with van der Waals surface area (Å²) in [5, 5.41) is 0. The zero-order valence-electron chi connectivity index (χ0n) is 10.5. The Bertz CT molecular complexity index is 290. The van der Waals surface area contributed by atoms with E-state index in [1.54, 1.807) is 4.90 Å². The van der Waals surface area contributed by atoms with Gasteiger partial charge in [0.15, 0.2) is 0 Å². The molecule has 0 aliphatic carbocycles. The summed E-state index contributed by atoms with van der Waals surface area (Å²) < 4.78 is 5.26. The zero-order chi connectivity index (χ0) is 12.2. The van der Waals surface area contributed by atoms with Crippen molar-refractivity contribution in [3.05, 3.63) is 0 Å². The van der Waals surface area contributed by atoms with Crippen molar-refractivity contribution >= 4 is 14.2 Å². The van der Waals surface area contributed by atoms with Crippen molar-refractivity contribution < 1.29 is 9.53 Å². The molecule has 0 spiro atoms. The highest BCUT2D eigenvalue weighted by Crippen LogP contribution is 2.17. The van der Waals surface area contributed by atoms with Gasteiger partial charge in [-0.25, -0.2) is 4.79 Å². The Morgan fingerprint density at radius 3 is 2.81 bits per heavy atom. The molecule has 1 fully saturated rings. The van der Waals surface area contributed by atoms with Crippen LogP contribution in [0.3, 0.4) is 0 Å². The van der Waals surface area contributed by atoms with Crippen molar-refractivity contribution in [2.45, 2.75) is 44.6 Å². The fourth-order valence-corrected chi connectivity index (χ4v) is 2.40. The zero-order valence-corrected chi connectivity index (χ0v) is 11.5. The molecule has 1 aliphatic rings. The fourth-order valence-electron chi connectivity index (χ4n) is 1.69. The van der Waals surface area contributed by atoms with Gasteiger partial charge in [-0.3, -0.25) is 4.90 Å². The molecule has 1 aliphatic heterocycles. The summed E-state index contributed by atoms with van der Waals surface area (Å²) in [6, 6.07) is 0.951. The highest BCUT2D eigenvalue weighted by atomic mass is 28.3. The van der Waals surface area contributed by atoms with Crippen molar-refractivity contribution in [1.82, 2.24) is 4.90 Å². The molecule has 0 N–H and O–H groups in total. The van der Waals surface area contributed by atoms with E-state index in [0.29, 0.717) is 6.61 Å². The first-order valence-corrected chi connectivity index (χ1v) is 9.54. The highest BCUT2D eigenvalue weighted by Gasteiger charge is 2.28. The van der Waals surface area contributed by atoms with Crippen LogP contribution < -0.4 is 0 Å². The number of likely N-dealkylation sites (tertiary alicyclic amines) is 1. The topological polar surface area (TPSA) is 29.5 Å². The average Bonchev–Trinajstić information content (AvgIpc) is 2.63. The Hall–Kier alpha value is -0.953. The molecule has 0 radical (unpaired) electrons. The minimum absolute atomic E-state index is 0.0561. The highest BCUT2D eigenvalue weighted by molar-refractivity contribution is 6.76. The standard InChI is InChI=1S/C12H21NO2Si/c1-5-11-7-6-8-13(11)12(14)15-9-10-16(2,3)4/h1,11H,6-10H2,2-4H3/t11-/m0/s1. The van der Waals surface area contributed by atoms with Gasteiger partial charge < -0.3 is 4.74 Å². The maximum atomic E-state index is 11.7. The van der Waals surface area contributed by atoms with Crippen molar-refractivity contribution in [2.75, 3.05) is 13.2 Å². The van der Waals surface area contributed by atoms with Gasteiger partial charge >= 0.3 is 6.09 Å². The van der Waals surface area contributed by atoms with Gasteiger partial charge in [0.05, 0.1) is 12.6 Å². The number of carbonyl (C=O) groups excluding carboxylic acids is 1. The summed E-state index contributed by atoms with van der Waals surface area (Å²) in [5.41, 5.74) is 0. The lowest BCUT2D eigenvalue weighted by atomic mass is 10.2. The Morgan fingerprint density at radius 2 is 2.25 bits per heavy atom. The van der Waals surface area contributed by atoms with Crippen LogP contribution in [-0.2, 0) is 4.74 Å². The normalized spacial score (nSPS) is 20.6. The lowest BCUT2D eigenvalue weighted by molar-refractivity contribution is 0.109. The minimum atomic E-state index is -1.12. The van der Waals surface area contributed by atoms with Gasteiger partial charge in [-0.1, -0.05) is 25.6 Å². The molecule has 0 aromatic rings. The van der Waals surface area contributed by atoms with Gasteiger partial charge in [0.2, 0.25) is 0 Å². The Kier molecular flexibility index (Phi) is 4.42. The summed E-state index contributed by atoms with van der Waals surface area (Å²) in [7, 11) is -1.12. The van der Waals surface area contributed by atoms with Crippen LogP contribution in [0.25, 0.3) is 0 Å². The van der Waals surface area contributed by atoms with Crippen LogP contribution in [0.2, 0.25) is 25.7 Å². The molecule has 0 aromatic heterocycles. The van der Waals surface area contributed by atoms with E-state index in [-0.39, 0.29) is 12.1 Å². The first-order chi connectivity index (χ1) is 7.44. The number of terminal acetylenes is 1. The van der Waals surface area contributed by atoms with Crippen molar-refractivity contribution in [1.29, 1.82) is 0 Å². The molecule has 90 valence electrons. The van der Waals surface area contributed by atoms with E-state index in [9.17, 15) is 4.79 Å². The number of rotatable bonds is 3. The minimum Gasteiger partial charge on any atom is -0.450 e. The van der Waals surface area contributed by atoms with E-state index < -0.39 is 8.07 Å². The van der Waals surface area contributed by atoms with Crippen LogP contribution in [0, 0.1) is 12.3 Å². The van der Waals surface area contributed by atoms with Gasteiger partial charge in [0.25, 0.3) is 0 Å². The summed E-state index contributed by atoms with van der Waals surface area (Å²) in [6.07, 6.45) is 7.02. The molecule has 3 nitrogen and oxygen atoms in total. The number of hydrogen-bond donors (Lipinski definition) is 0. The van der Waals surface area contributed by atoms with E-state index in [1.165, 1.54) is 0 Å². The molecule has 1 heterocycles. The summed E-state index contributed by atoms with van der Waals surface area (Å²) in [5.74, 6) is 2.64. The van der Waals surface area contributed by atoms with Crippen LogP contribution in [0.5, 0.6) is 0 Å². The molecule has 4 heteroatoms. The Morgan fingerprint density at radius 1 is 1.56 bits per heavy atom. The molecule has 1 rings (SSSR count). The smallest absolute Gasteiger partial charge is 0.410 e. The molecular weight excluding hydrogens is 218 g/mol. The molecule has 0 bridgehead atoms. The van der Waals surface area contributed by atoms with Gasteiger partial charge in [0.1, 0.15) is 0 Å². The molecule has 1 atom stereocenters. The van der Waals surface area contributed by atoms with Crippen LogP contribution in [0.1, 0.15) is 12.8 Å². The number of amides is 1. The van der Waals surface area contributed by atoms with E-state index in [4.69, 9.17) is 11.2 Å². The number of ether oxygens (including phenoxy) is 1. The van der Waals surface area contributed by atoms with Crippen molar-refractivity contribution in [3.63, 3.8) is 0 Å². The van der Waals surface area contributed by atoms with E-state index in [2.05, 4.69) is 25.6 Å². The fraction of sp³-hybridized carbons (Fsp3) is 0.750. The number of nitrogens with zero attached hydrogens (tertiary/aromatic N) is 1. The number of carbonyl (C=O) groups is 1. The maximum absolute atomic E-state index is 11.7. The predicted octanol–water partition coefficient (Wildman–Crippen LogP) is 2.56. The molecule has 1 saturated heterocycles. The molecule has 1 amide bonds. The monoisotopic (exact) mass is 239 g/mol. The Labute approximate surface area is 99.2 Å². The molecule has 0 aromatic carbocycles. The van der Waals surface area contributed by atoms with E-state index in [0.717, 1.165) is 25.4 Å². The van der Waals surface area contributed by atoms with Crippen molar-refractivity contribution in [3.8, 4) is 12.3 Å².